The predicted molar refractivity (Wildman–Crippen MR) is 123 cm³/mol. The van der Waals surface area contributed by atoms with Crippen molar-refractivity contribution in [3.8, 4) is 11.5 Å². The number of fused-ring (bicyclic) bond motifs is 1. The highest BCUT2D eigenvalue weighted by molar-refractivity contribution is 6.10. The molecule has 8 nitrogen and oxygen atoms in total. The number of aryl methyl sites for hydroxylation is 2. The minimum Gasteiger partial charge on any atom is -0.486 e. The van der Waals surface area contributed by atoms with Crippen LogP contribution in [0.1, 0.15) is 35.0 Å². The molecule has 0 atom stereocenters. The predicted octanol–water partition coefficient (Wildman–Crippen LogP) is 3.91. The summed E-state index contributed by atoms with van der Waals surface area (Å²) >= 11 is 0. The van der Waals surface area contributed by atoms with E-state index in [1.165, 1.54) is 18.2 Å². The van der Waals surface area contributed by atoms with Gasteiger partial charge in [-0.3, -0.25) is 14.8 Å². The first-order valence-electron chi connectivity index (χ1n) is 10.8. The van der Waals surface area contributed by atoms with Crippen molar-refractivity contribution in [3.05, 3.63) is 71.3 Å². The van der Waals surface area contributed by atoms with Crippen molar-refractivity contribution in [2.45, 2.75) is 33.4 Å². The zero-order valence-corrected chi connectivity index (χ0v) is 18.6. The Morgan fingerprint density at radius 3 is 2.79 bits per heavy atom. The average Bonchev–Trinajstić information content (AvgIpc) is 3.16. The van der Waals surface area contributed by atoms with E-state index in [0.29, 0.717) is 36.9 Å². The quantitative estimate of drug-likeness (QED) is 0.438. The highest BCUT2D eigenvalue weighted by atomic mass is 19.1. The summed E-state index contributed by atoms with van der Waals surface area (Å²) < 4.78 is 26.7. The molecule has 0 radical (unpaired) electrons. The summed E-state index contributed by atoms with van der Waals surface area (Å²) in [5, 5.41) is 10.4. The molecule has 2 aromatic carbocycles. The SMILES string of the molecule is CCCn1cc(CN=C(NC(=O)c2cccc(F)c2)Nc2ccc3c(c2)OCCO3)c(C)n1. The van der Waals surface area contributed by atoms with Gasteiger partial charge in [-0.25, -0.2) is 9.38 Å². The van der Waals surface area contributed by atoms with Gasteiger partial charge >= 0.3 is 0 Å². The van der Waals surface area contributed by atoms with Crippen molar-refractivity contribution < 1.29 is 18.7 Å². The number of guanidine groups is 1. The van der Waals surface area contributed by atoms with Crippen LogP contribution in [0.25, 0.3) is 0 Å². The highest BCUT2D eigenvalue weighted by Crippen LogP contribution is 2.32. The molecule has 1 amide bonds. The zero-order chi connectivity index (χ0) is 23.2. The van der Waals surface area contributed by atoms with Crippen molar-refractivity contribution in [2.75, 3.05) is 18.5 Å². The number of aliphatic imine (C=N–C) groups is 1. The molecule has 0 spiro atoms. The molecule has 0 saturated carbocycles. The molecular weight excluding hydrogens is 425 g/mol. The van der Waals surface area contributed by atoms with Gasteiger partial charge in [-0.15, -0.1) is 0 Å². The summed E-state index contributed by atoms with van der Waals surface area (Å²) in [6, 6.07) is 10.9. The van der Waals surface area contributed by atoms with Gasteiger partial charge in [0.1, 0.15) is 19.0 Å². The summed E-state index contributed by atoms with van der Waals surface area (Å²) in [5.74, 6) is 0.534. The Bertz CT molecular complexity index is 1170. The molecule has 1 aliphatic rings. The van der Waals surface area contributed by atoms with E-state index in [2.05, 4.69) is 27.6 Å². The summed E-state index contributed by atoms with van der Waals surface area (Å²) in [7, 11) is 0. The first-order valence-corrected chi connectivity index (χ1v) is 10.8. The van der Waals surface area contributed by atoms with E-state index in [1.807, 2.05) is 23.9 Å². The lowest BCUT2D eigenvalue weighted by atomic mass is 10.2. The van der Waals surface area contributed by atoms with Gasteiger partial charge in [0.25, 0.3) is 5.91 Å². The maximum Gasteiger partial charge on any atom is 0.258 e. The first-order chi connectivity index (χ1) is 16.0. The van der Waals surface area contributed by atoms with Crippen LogP contribution >= 0.6 is 0 Å². The number of nitrogens with zero attached hydrogens (tertiary/aromatic N) is 3. The number of halogens is 1. The van der Waals surface area contributed by atoms with Gasteiger partial charge in [-0.2, -0.15) is 5.10 Å². The molecule has 2 N–H and O–H groups in total. The van der Waals surface area contributed by atoms with Crippen LogP contribution in [0, 0.1) is 12.7 Å². The van der Waals surface area contributed by atoms with Crippen LogP contribution in [-0.4, -0.2) is 34.9 Å². The summed E-state index contributed by atoms with van der Waals surface area (Å²) in [6.07, 6.45) is 2.93. The summed E-state index contributed by atoms with van der Waals surface area (Å²) in [6.45, 7) is 6.12. The van der Waals surface area contributed by atoms with Crippen molar-refractivity contribution >= 4 is 17.6 Å². The van der Waals surface area contributed by atoms with Crippen molar-refractivity contribution in [1.29, 1.82) is 0 Å². The molecule has 3 aromatic rings. The average molecular weight is 452 g/mol. The van der Waals surface area contributed by atoms with Crippen LogP contribution in [0.5, 0.6) is 11.5 Å². The number of anilines is 1. The molecule has 0 saturated heterocycles. The maximum atomic E-state index is 13.6. The molecule has 33 heavy (non-hydrogen) atoms. The van der Waals surface area contributed by atoms with Gasteiger partial charge in [0.15, 0.2) is 11.5 Å². The molecule has 4 rings (SSSR count). The molecule has 0 fully saturated rings. The molecule has 1 aromatic heterocycles. The number of aromatic nitrogens is 2. The monoisotopic (exact) mass is 451 g/mol. The Morgan fingerprint density at radius 1 is 1.18 bits per heavy atom. The maximum absolute atomic E-state index is 13.6. The summed E-state index contributed by atoms with van der Waals surface area (Å²) in [5.41, 5.74) is 2.68. The van der Waals surface area contributed by atoms with E-state index in [4.69, 9.17) is 9.47 Å². The highest BCUT2D eigenvalue weighted by Gasteiger charge is 2.15. The molecule has 2 heterocycles. The third-order valence-electron chi connectivity index (χ3n) is 5.03. The van der Waals surface area contributed by atoms with Crippen LogP contribution in [0.15, 0.2) is 53.7 Å². The van der Waals surface area contributed by atoms with Gasteiger partial charge in [0.05, 0.1) is 12.2 Å². The van der Waals surface area contributed by atoms with Gasteiger partial charge < -0.3 is 14.8 Å². The largest absolute Gasteiger partial charge is 0.486 e. The normalized spacial score (nSPS) is 13.0. The van der Waals surface area contributed by atoms with Crippen LogP contribution in [0.3, 0.4) is 0 Å². The fourth-order valence-electron chi connectivity index (χ4n) is 3.40. The molecule has 172 valence electrons. The Hall–Kier alpha value is -3.88. The lowest BCUT2D eigenvalue weighted by molar-refractivity contribution is 0.0976. The third kappa shape index (κ3) is 5.68. The molecule has 0 unspecified atom stereocenters. The number of nitrogens with one attached hydrogen (secondary N) is 2. The Balaban J connectivity index is 1.57. The van der Waals surface area contributed by atoms with Crippen molar-refractivity contribution in [1.82, 2.24) is 15.1 Å². The van der Waals surface area contributed by atoms with E-state index in [-0.39, 0.29) is 11.5 Å². The number of rotatable bonds is 6. The standard InChI is InChI=1S/C24H26FN5O3/c1-3-9-30-15-18(16(2)29-30)14-26-24(28-23(31)17-5-4-6-19(25)12-17)27-20-7-8-21-22(13-20)33-11-10-32-21/h4-8,12-13,15H,3,9-11,14H2,1-2H3,(H2,26,27,28,31). The minimum atomic E-state index is -0.486. The molecule has 0 bridgehead atoms. The second-order valence-corrected chi connectivity index (χ2v) is 7.62. The van der Waals surface area contributed by atoms with Gasteiger partial charge in [-0.05, 0) is 43.7 Å². The van der Waals surface area contributed by atoms with Crippen molar-refractivity contribution in [2.24, 2.45) is 4.99 Å². The van der Waals surface area contributed by atoms with E-state index in [1.54, 1.807) is 18.2 Å². The van der Waals surface area contributed by atoms with Crippen LogP contribution in [0.4, 0.5) is 10.1 Å². The van der Waals surface area contributed by atoms with E-state index in [0.717, 1.165) is 24.2 Å². The molecule has 9 heteroatoms. The number of amides is 1. The zero-order valence-electron chi connectivity index (χ0n) is 18.6. The second-order valence-electron chi connectivity index (χ2n) is 7.62. The number of hydrogen-bond donors (Lipinski definition) is 2. The van der Waals surface area contributed by atoms with E-state index < -0.39 is 11.7 Å². The molecule has 1 aliphatic heterocycles. The number of carbonyl (C=O) groups excluding carboxylic acids is 1. The van der Waals surface area contributed by atoms with Crippen LogP contribution in [0.2, 0.25) is 0 Å². The fourth-order valence-corrected chi connectivity index (χ4v) is 3.40. The Labute approximate surface area is 191 Å². The van der Waals surface area contributed by atoms with E-state index in [9.17, 15) is 9.18 Å². The lowest BCUT2D eigenvalue weighted by Gasteiger charge is -2.19. The molecular formula is C24H26FN5O3. The topological polar surface area (TPSA) is 89.8 Å². The Morgan fingerprint density at radius 2 is 2.00 bits per heavy atom. The summed E-state index contributed by atoms with van der Waals surface area (Å²) in [4.78, 5) is 17.3. The lowest BCUT2D eigenvalue weighted by Crippen LogP contribution is -2.36. The first kappa shape index (κ1) is 22.3. The minimum absolute atomic E-state index is 0.193. The number of ether oxygens (including phenoxy) is 2. The van der Waals surface area contributed by atoms with Crippen LogP contribution < -0.4 is 20.1 Å². The van der Waals surface area contributed by atoms with Crippen LogP contribution in [-0.2, 0) is 13.1 Å². The van der Waals surface area contributed by atoms with Gasteiger partial charge in [0, 0.05) is 35.6 Å². The smallest absolute Gasteiger partial charge is 0.258 e. The third-order valence-corrected chi connectivity index (χ3v) is 5.03. The van der Waals surface area contributed by atoms with Gasteiger partial charge in [-0.1, -0.05) is 13.0 Å². The Kier molecular flexibility index (Phi) is 6.87. The van der Waals surface area contributed by atoms with Gasteiger partial charge in [0.2, 0.25) is 5.96 Å². The molecule has 0 aliphatic carbocycles. The number of benzene rings is 2. The number of hydrogen-bond acceptors (Lipinski definition) is 5. The van der Waals surface area contributed by atoms with Crippen molar-refractivity contribution in [3.63, 3.8) is 0 Å². The fraction of sp³-hybridized carbons (Fsp3) is 0.292. The number of carbonyl (C=O) groups is 1. The second kappa shape index (κ2) is 10.2. The van der Waals surface area contributed by atoms with E-state index >= 15 is 0 Å².